The topological polar surface area (TPSA) is 94.6 Å². The highest BCUT2D eigenvalue weighted by molar-refractivity contribution is 6.00. The molecule has 3 rings (SSSR count). The molecule has 3 N–H and O–H groups in total. The van der Waals surface area contributed by atoms with Crippen LogP contribution in [0.15, 0.2) is 48.8 Å². The van der Waals surface area contributed by atoms with Crippen LogP contribution in [0, 0.1) is 5.92 Å². The maximum Gasteiger partial charge on any atom is 0.437 e. The van der Waals surface area contributed by atoms with E-state index in [4.69, 9.17) is 0 Å². The number of nitrogens with one attached hydrogen (secondary N) is 2. The van der Waals surface area contributed by atoms with E-state index in [1.165, 1.54) is 35.8 Å². The Kier molecular flexibility index (Phi) is 5.22. The minimum absolute atomic E-state index is 0.118. The van der Waals surface area contributed by atoms with Crippen LogP contribution < -0.4 is 15.5 Å². The first-order valence-electron chi connectivity index (χ1n) is 8.64. The largest absolute Gasteiger partial charge is 0.437 e. The zero-order chi connectivity index (χ0) is 21.4. The number of carbonyl (C=O) groups excluding carboxylic acids is 2. The van der Waals surface area contributed by atoms with E-state index < -0.39 is 35.7 Å². The lowest BCUT2D eigenvalue weighted by Crippen LogP contribution is -2.72. The molecule has 1 aromatic heterocycles. The van der Waals surface area contributed by atoms with Crippen LogP contribution in [0.4, 0.5) is 23.7 Å². The lowest BCUT2D eigenvalue weighted by molar-refractivity contribution is -0.287. The Hall–Kier alpha value is -3.14. The molecule has 0 radical (unpaired) electrons. The number of aliphatic hydroxyl groups is 1. The van der Waals surface area contributed by atoms with E-state index >= 15 is 0 Å². The van der Waals surface area contributed by atoms with Crippen molar-refractivity contribution in [2.75, 3.05) is 19.0 Å². The lowest BCUT2D eigenvalue weighted by Gasteiger charge is -2.45. The fraction of sp³-hybridized carbons (Fsp3) is 0.316. The summed E-state index contributed by atoms with van der Waals surface area (Å²) in [5.74, 6) is -3.08. The van der Waals surface area contributed by atoms with E-state index in [0.717, 1.165) is 11.9 Å². The van der Waals surface area contributed by atoms with Crippen molar-refractivity contribution in [2.45, 2.75) is 17.9 Å². The Morgan fingerprint density at radius 3 is 2.38 bits per heavy atom. The molecule has 10 heteroatoms. The summed E-state index contributed by atoms with van der Waals surface area (Å²) in [6.07, 6.45) is -2.82. The summed E-state index contributed by atoms with van der Waals surface area (Å²) in [5.41, 5.74) is -2.86. The van der Waals surface area contributed by atoms with Crippen LogP contribution in [0.3, 0.4) is 0 Å². The van der Waals surface area contributed by atoms with E-state index in [-0.39, 0.29) is 11.1 Å². The molecule has 1 fully saturated rings. The summed E-state index contributed by atoms with van der Waals surface area (Å²) >= 11 is 0. The van der Waals surface area contributed by atoms with E-state index in [0.29, 0.717) is 0 Å². The van der Waals surface area contributed by atoms with Gasteiger partial charge in [-0.15, -0.1) is 0 Å². The minimum Gasteiger partial charge on any atom is -0.378 e. The van der Waals surface area contributed by atoms with Gasteiger partial charge in [-0.1, -0.05) is 12.1 Å². The highest BCUT2D eigenvalue weighted by Crippen LogP contribution is 2.44. The van der Waals surface area contributed by atoms with Gasteiger partial charge in [0.2, 0.25) is 5.72 Å². The highest BCUT2D eigenvalue weighted by atomic mass is 19.4. The molecule has 0 saturated carbocycles. The number of amides is 2. The maximum atomic E-state index is 13.8. The number of rotatable bonds is 4. The van der Waals surface area contributed by atoms with Crippen LogP contribution in [0.25, 0.3) is 0 Å². The first-order chi connectivity index (χ1) is 13.5. The quantitative estimate of drug-likeness (QED) is 0.675. The molecule has 154 valence electrons. The van der Waals surface area contributed by atoms with E-state index in [1.54, 1.807) is 31.1 Å². The summed E-state index contributed by atoms with van der Waals surface area (Å²) in [6.45, 7) is 0. The van der Waals surface area contributed by atoms with E-state index in [1.807, 2.05) is 0 Å². The second-order valence-corrected chi connectivity index (χ2v) is 6.91. The average molecular weight is 408 g/mol. The van der Waals surface area contributed by atoms with Gasteiger partial charge in [0.25, 0.3) is 0 Å². The summed E-state index contributed by atoms with van der Waals surface area (Å²) in [7, 11) is 3.58. The van der Waals surface area contributed by atoms with Gasteiger partial charge >= 0.3 is 12.2 Å². The standard InChI is InChI=1S/C19H19F3N4O3/c1-26(2)13-7-5-11(6-8-13)15-14(16(27)12-4-3-9-23-10-12)18(29,19(20,21)22)25-17(28)24-15/h3-10,14-15,29H,1-2H3,(H2,24,25,28)/t14-,15-,18-/m0/s1. The molecule has 29 heavy (non-hydrogen) atoms. The SMILES string of the molecule is CN(C)c1ccc([C@@H]2NC(=O)N[C@@](O)(C(F)(F)F)[C@@H]2C(=O)c2cccnc2)cc1. The number of anilines is 1. The van der Waals surface area contributed by atoms with E-state index in [2.05, 4.69) is 10.3 Å². The van der Waals surface area contributed by atoms with Crippen LogP contribution in [-0.4, -0.2) is 47.9 Å². The second-order valence-electron chi connectivity index (χ2n) is 6.91. The van der Waals surface area contributed by atoms with Crippen molar-refractivity contribution < 1.29 is 27.9 Å². The smallest absolute Gasteiger partial charge is 0.378 e. The average Bonchev–Trinajstić information content (AvgIpc) is 2.67. The van der Waals surface area contributed by atoms with Crippen molar-refractivity contribution in [3.05, 3.63) is 59.9 Å². The van der Waals surface area contributed by atoms with Crippen molar-refractivity contribution in [1.82, 2.24) is 15.6 Å². The van der Waals surface area contributed by atoms with Crippen molar-refractivity contribution in [2.24, 2.45) is 5.92 Å². The van der Waals surface area contributed by atoms with E-state index in [9.17, 15) is 27.9 Å². The molecule has 1 aromatic carbocycles. The number of halogens is 3. The summed E-state index contributed by atoms with van der Waals surface area (Å²) in [6, 6.07) is 6.34. The van der Waals surface area contributed by atoms with Gasteiger partial charge in [0.1, 0.15) is 5.92 Å². The Morgan fingerprint density at radius 2 is 1.86 bits per heavy atom. The molecule has 2 amide bonds. The number of nitrogens with zero attached hydrogens (tertiary/aromatic N) is 2. The van der Waals surface area contributed by atoms with Gasteiger partial charge in [0, 0.05) is 37.7 Å². The fourth-order valence-corrected chi connectivity index (χ4v) is 3.28. The molecular weight excluding hydrogens is 389 g/mol. The first-order valence-corrected chi connectivity index (χ1v) is 8.64. The van der Waals surface area contributed by atoms with Crippen molar-refractivity contribution in [3.8, 4) is 0 Å². The van der Waals surface area contributed by atoms with Crippen molar-refractivity contribution >= 4 is 17.5 Å². The molecule has 2 aromatic rings. The molecule has 0 unspecified atom stereocenters. The maximum absolute atomic E-state index is 13.8. The van der Waals surface area contributed by atoms with Gasteiger partial charge in [-0.2, -0.15) is 13.2 Å². The van der Waals surface area contributed by atoms with Crippen molar-refractivity contribution in [1.29, 1.82) is 0 Å². The molecule has 2 heterocycles. The monoisotopic (exact) mass is 408 g/mol. The van der Waals surface area contributed by atoms with Crippen LogP contribution >= 0.6 is 0 Å². The summed E-state index contributed by atoms with van der Waals surface area (Å²) in [4.78, 5) is 30.5. The highest BCUT2D eigenvalue weighted by Gasteiger charge is 2.66. The Labute approximate surface area is 164 Å². The molecule has 0 bridgehead atoms. The molecule has 0 aliphatic carbocycles. The number of alkyl halides is 3. The third kappa shape index (κ3) is 3.75. The summed E-state index contributed by atoms with van der Waals surface area (Å²) < 4.78 is 41.5. The Balaban J connectivity index is 2.13. The predicted molar refractivity (Wildman–Crippen MR) is 98.2 cm³/mol. The third-order valence-corrected chi connectivity index (χ3v) is 4.80. The molecule has 3 atom stereocenters. The molecule has 1 aliphatic rings. The van der Waals surface area contributed by atoms with Gasteiger partial charge in [-0.25, -0.2) is 4.79 Å². The van der Waals surface area contributed by atoms with Crippen LogP contribution in [-0.2, 0) is 0 Å². The molecule has 0 spiro atoms. The number of pyridine rings is 1. The third-order valence-electron chi connectivity index (χ3n) is 4.80. The van der Waals surface area contributed by atoms with Crippen molar-refractivity contribution in [3.63, 3.8) is 0 Å². The van der Waals surface area contributed by atoms with Crippen LogP contribution in [0.5, 0.6) is 0 Å². The van der Waals surface area contributed by atoms with Gasteiger partial charge in [0.05, 0.1) is 6.04 Å². The van der Waals surface area contributed by atoms with Gasteiger partial charge in [0.15, 0.2) is 5.78 Å². The first kappa shape index (κ1) is 20.6. The number of Topliss-reactive ketones (excluding diaryl/α,β-unsaturated/α-hetero) is 1. The molecule has 1 aliphatic heterocycles. The number of hydrogen-bond acceptors (Lipinski definition) is 5. The van der Waals surface area contributed by atoms with Crippen LogP contribution in [0.2, 0.25) is 0 Å². The summed E-state index contributed by atoms with van der Waals surface area (Å²) in [5, 5.41) is 14.3. The number of hydrogen-bond donors (Lipinski definition) is 3. The molecule has 7 nitrogen and oxygen atoms in total. The number of benzene rings is 1. The Bertz CT molecular complexity index is 903. The second kappa shape index (κ2) is 7.36. The predicted octanol–water partition coefficient (Wildman–Crippen LogP) is 2.25. The number of ketones is 1. The van der Waals surface area contributed by atoms with Gasteiger partial charge in [-0.05, 0) is 29.8 Å². The normalized spacial score (nSPS) is 24.4. The lowest BCUT2D eigenvalue weighted by atomic mass is 9.77. The molecular formula is C19H19F3N4O3. The molecule has 1 saturated heterocycles. The zero-order valence-corrected chi connectivity index (χ0v) is 15.6. The zero-order valence-electron chi connectivity index (χ0n) is 15.6. The number of carbonyl (C=O) groups is 2. The van der Waals surface area contributed by atoms with Gasteiger partial charge in [-0.3, -0.25) is 9.78 Å². The fourth-order valence-electron chi connectivity index (χ4n) is 3.28. The van der Waals surface area contributed by atoms with Crippen LogP contribution in [0.1, 0.15) is 22.0 Å². The van der Waals surface area contributed by atoms with Gasteiger partial charge < -0.3 is 20.6 Å². The Morgan fingerprint density at radius 1 is 1.21 bits per heavy atom. The minimum atomic E-state index is -5.30. The number of urea groups is 1. The number of aromatic nitrogens is 1.